The molecule has 1 aromatic heterocycles. The first kappa shape index (κ1) is 16.7. The van der Waals surface area contributed by atoms with Gasteiger partial charge in [0.25, 0.3) is 0 Å². The molecule has 6 heteroatoms. The van der Waals surface area contributed by atoms with Crippen LogP contribution in [0.1, 0.15) is 22.9 Å². The molecular formula is C15H19Br2N3O. The molecule has 0 saturated heterocycles. The summed E-state index contributed by atoms with van der Waals surface area (Å²) in [4.78, 5) is 2.09. The predicted molar refractivity (Wildman–Crippen MR) is 91.4 cm³/mol. The minimum Gasteiger partial charge on any atom is -0.382 e. The van der Waals surface area contributed by atoms with E-state index in [0.717, 1.165) is 38.9 Å². The highest BCUT2D eigenvalue weighted by Gasteiger charge is 2.21. The third-order valence-electron chi connectivity index (χ3n) is 3.30. The summed E-state index contributed by atoms with van der Waals surface area (Å²) in [5.74, 6) is 0. The van der Waals surface area contributed by atoms with Crippen molar-refractivity contribution in [3.05, 3.63) is 50.2 Å². The van der Waals surface area contributed by atoms with E-state index < -0.39 is 6.10 Å². The minimum atomic E-state index is -0.724. The number of hydrogen-bond acceptors (Lipinski definition) is 3. The predicted octanol–water partition coefficient (Wildman–Crippen LogP) is 3.36. The van der Waals surface area contributed by atoms with E-state index in [9.17, 15) is 5.11 Å². The van der Waals surface area contributed by atoms with Gasteiger partial charge < -0.3 is 10.0 Å². The number of rotatable bonds is 5. The molecule has 0 fully saturated rings. The zero-order valence-corrected chi connectivity index (χ0v) is 15.5. The molecule has 0 saturated carbocycles. The summed E-state index contributed by atoms with van der Waals surface area (Å²) in [6.07, 6.45) is 1.01. The molecule has 1 unspecified atom stereocenters. The van der Waals surface area contributed by atoms with Gasteiger partial charge in [0.15, 0.2) is 0 Å². The number of aryl methyl sites for hydroxylation is 1. The Morgan fingerprint density at radius 3 is 2.67 bits per heavy atom. The monoisotopic (exact) mass is 415 g/mol. The van der Waals surface area contributed by atoms with Gasteiger partial charge in [-0.3, -0.25) is 4.68 Å². The van der Waals surface area contributed by atoms with Crippen molar-refractivity contribution >= 4 is 31.9 Å². The Morgan fingerprint density at radius 2 is 2.00 bits per heavy atom. The van der Waals surface area contributed by atoms with Gasteiger partial charge in [-0.15, -0.1) is 0 Å². The molecule has 21 heavy (non-hydrogen) atoms. The number of halogens is 2. The van der Waals surface area contributed by atoms with Crippen molar-refractivity contribution in [3.8, 4) is 0 Å². The lowest BCUT2D eigenvalue weighted by atomic mass is 10.0. The molecule has 1 atom stereocenters. The van der Waals surface area contributed by atoms with Crippen LogP contribution in [0, 0.1) is 6.92 Å². The summed E-state index contributed by atoms with van der Waals surface area (Å²) in [5, 5.41) is 15.1. The first-order valence-electron chi connectivity index (χ1n) is 6.70. The Kier molecular flexibility index (Phi) is 5.60. The lowest BCUT2D eigenvalue weighted by Gasteiger charge is -2.18. The number of aliphatic hydroxyl groups excluding tert-OH is 1. The van der Waals surface area contributed by atoms with Crippen LogP contribution in [-0.4, -0.2) is 40.4 Å². The van der Waals surface area contributed by atoms with Gasteiger partial charge >= 0.3 is 0 Å². The molecule has 0 aliphatic carbocycles. The van der Waals surface area contributed by atoms with Crippen molar-refractivity contribution in [1.29, 1.82) is 0 Å². The number of likely N-dealkylation sites (N-methyl/N-ethyl adjacent to an activating group) is 1. The molecule has 0 aliphatic heterocycles. The molecule has 0 amide bonds. The maximum atomic E-state index is 10.8. The maximum Gasteiger partial charge on any atom is 0.123 e. The average Bonchev–Trinajstić information content (AvgIpc) is 2.79. The summed E-state index contributed by atoms with van der Waals surface area (Å²) >= 11 is 7.01. The van der Waals surface area contributed by atoms with E-state index in [1.54, 1.807) is 6.20 Å². The van der Waals surface area contributed by atoms with Gasteiger partial charge in [-0.1, -0.05) is 33.6 Å². The molecule has 1 aromatic carbocycles. The Hall–Kier alpha value is -0.690. The summed E-state index contributed by atoms with van der Waals surface area (Å²) in [7, 11) is 4.04. The van der Waals surface area contributed by atoms with Gasteiger partial charge in [0.05, 0.1) is 22.9 Å². The second-order valence-electron chi connectivity index (χ2n) is 5.33. The molecule has 114 valence electrons. The van der Waals surface area contributed by atoms with Crippen LogP contribution in [-0.2, 0) is 6.54 Å². The molecule has 1 N–H and O–H groups in total. The number of hydrogen-bond donors (Lipinski definition) is 1. The normalized spacial score (nSPS) is 12.9. The second-order valence-corrected chi connectivity index (χ2v) is 7.04. The van der Waals surface area contributed by atoms with Crippen molar-refractivity contribution in [1.82, 2.24) is 14.7 Å². The molecule has 2 aromatic rings. The average molecular weight is 417 g/mol. The fourth-order valence-electron chi connectivity index (χ4n) is 2.14. The van der Waals surface area contributed by atoms with Gasteiger partial charge in [-0.2, -0.15) is 5.10 Å². The lowest BCUT2D eigenvalue weighted by molar-refractivity contribution is 0.204. The van der Waals surface area contributed by atoms with E-state index in [1.165, 1.54) is 0 Å². The quantitative estimate of drug-likeness (QED) is 0.812. The van der Waals surface area contributed by atoms with E-state index in [1.807, 2.05) is 43.9 Å². The third-order valence-corrected chi connectivity index (χ3v) is 4.63. The number of benzene rings is 1. The molecule has 1 heterocycles. The van der Waals surface area contributed by atoms with Crippen LogP contribution in [0.15, 0.2) is 33.3 Å². The van der Waals surface area contributed by atoms with Crippen molar-refractivity contribution < 1.29 is 5.11 Å². The van der Waals surface area contributed by atoms with Crippen LogP contribution in [0.5, 0.6) is 0 Å². The second kappa shape index (κ2) is 7.05. The van der Waals surface area contributed by atoms with Crippen molar-refractivity contribution in [3.63, 3.8) is 0 Å². The van der Waals surface area contributed by atoms with Gasteiger partial charge in [0.2, 0.25) is 0 Å². The zero-order chi connectivity index (χ0) is 15.6. The smallest absolute Gasteiger partial charge is 0.123 e. The van der Waals surface area contributed by atoms with Gasteiger partial charge in [-0.25, -0.2) is 0 Å². The third kappa shape index (κ3) is 3.94. The molecule has 0 aliphatic rings. The molecule has 2 rings (SSSR count). The lowest BCUT2D eigenvalue weighted by Crippen LogP contribution is -2.21. The Bertz CT molecular complexity index is 625. The van der Waals surface area contributed by atoms with Gasteiger partial charge in [0, 0.05) is 16.6 Å². The maximum absolute atomic E-state index is 10.8. The van der Waals surface area contributed by atoms with Crippen LogP contribution in [0.3, 0.4) is 0 Å². The Balaban J connectivity index is 2.36. The molecular weight excluding hydrogens is 398 g/mol. The van der Waals surface area contributed by atoms with E-state index in [2.05, 4.69) is 41.9 Å². The Labute approximate surface area is 142 Å². The SMILES string of the molecule is Cc1ccc(Br)c(C(O)c2c(Br)cnn2CCN(C)C)c1. The largest absolute Gasteiger partial charge is 0.382 e. The van der Waals surface area contributed by atoms with Crippen LogP contribution in [0.25, 0.3) is 0 Å². The summed E-state index contributed by atoms with van der Waals surface area (Å²) in [6, 6.07) is 5.96. The Morgan fingerprint density at radius 1 is 1.29 bits per heavy atom. The molecule has 0 radical (unpaired) electrons. The zero-order valence-electron chi connectivity index (χ0n) is 12.3. The number of aromatic nitrogens is 2. The topological polar surface area (TPSA) is 41.3 Å². The fraction of sp³-hybridized carbons (Fsp3) is 0.400. The van der Waals surface area contributed by atoms with Crippen LogP contribution < -0.4 is 0 Å². The van der Waals surface area contributed by atoms with Crippen LogP contribution in [0.2, 0.25) is 0 Å². The first-order valence-corrected chi connectivity index (χ1v) is 8.28. The van der Waals surface area contributed by atoms with Gasteiger partial charge in [0.1, 0.15) is 6.10 Å². The van der Waals surface area contributed by atoms with E-state index in [4.69, 9.17) is 0 Å². The molecule has 0 bridgehead atoms. The van der Waals surface area contributed by atoms with Crippen LogP contribution >= 0.6 is 31.9 Å². The minimum absolute atomic E-state index is 0.724. The summed E-state index contributed by atoms with van der Waals surface area (Å²) in [6.45, 7) is 3.61. The van der Waals surface area contributed by atoms with Crippen molar-refractivity contribution in [2.24, 2.45) is 0 Å². The standard InChI is InChI=1S/C15H19Br2N3O/c1-10-4-5-12(16)11(8-10)15(21)14-13(17)9-18-20(14)7-6-19(2)3/h4-5,8-9,15,21H,6-7H2,1-3H3. The molecule has 0 spiro atoms. The fourth-order valence-corrected chi connectivity index (χ4v) is 3.11. The van der Waals surface area contributed by atoms with Crippen molar-refractivity contribution in [2.75, 3.05) is 20.6 Å². The highest BCUT2D eigenvalue weighted by molar-refractivity contribution is 9.10. The first-order chi connectivity index (χ1) is 9.90. The highest BCUT2D eigenvalue weighted by atomic mass is 79.9. The van der Waals surface area contributed by atoms with E-state index >= 15 is 0 Å². The van der Waals surface area contributed by atoms with Gasteiger partial charge in [-0.05, 0) is 43.0 Å². The van der Waals surface area contributed by atoms with Crippen LogP contribution in [0.4, 0.5) is 0 Å². The van der Waals surface area contributed by atoms with E-state index in [0.29, 0.717) is 0 Å². The van der Waals surface area contributed by atoms with E-state index in [-0.39, 0.29) is 0 Å². The molecule has 4 nitrogen and oxygen atoms in total. The summed E-state index contributed by atoms with van der Waals surface area (Å²) in [5.41, 5.74) is 2.74. The summed E-state index contributed by atoms with van der Waals surface area (Å²) < 4.78 is 3.57. The number of aliphatic hydroxyl groups is 1. The number of nitrogens with zero attached hydrogens (tertiary/aromatic N) is 3. The van der Waals surface area contributed by atoms with Crippen molar-refractivity contribution in [2.45, 2.75) is 19.6 Å². The highest BCUT2D eigenvalue weighted by Crippen LogP contribution is 2.33.